The van der Waals surface area contributed by atoms with Crippen LogP contribution in [0.3, 0.4) is 0 Å². The van der Waals surface area contributed by atoms with E-state index < -0.39 is 11.9 Å². The molecule has 5 heteroatoms. The second-order valence-corrected chi connectivity index (χ2v) is 4.04. The van der Waals surface area contributed by atoms with Crippen molar-refractivity contribution in [2.45, 2.75) is 26.0 Å². The van der Waals surface area contributed by atoms with Gasteiger partial charge in [0.2, 0.25) is 0 Å². The van der Waals surface area contributed by atoms with Crippen LogP contribution in [0.1, 0.15) is 13.8 Å². The van der Waals surface area contributed by atoms with Gasteiger partial charge < -0.3 is 14.9 Å². The molecule has 0 aromatic rings. The van der Waals surface area contributed by atoms with Crippen molar-refractivity contribution in [3.05, 3.63) is 0 Å². The summed E-state index contributed by atoms with van der Waals surface area (Å²) in [5.41, 5.74) is 0. The van der Waals surface area contributed by atoms with Crippen LogP contribution < -0.4 is 0 Å². The zero-order valence-corrected chi connectivity index (χ0v) is 9.22. The summed E-state index contributed by atoms with van der Waals surface area (Å²) in [6, 6.07) is -0.0274. The molecule has 0 amide bonds. The van der Waals surface area contributed by atoms with E-state index in [0.29, 0.717) is 13.2 Å². The molecule has 1 saturated heterocycles. The van der Waals surface area contributed by atoms with Crippen LogP contribution in [0.15, 0.2) is 0 Å². The van der Waals surface area contributed by atoms with Gasteiger partial charge in [0, 0.05) is 19.1 Å². The van der Waals surface area contributed by atoms with Gasteiger partial charge in [-0.15, -0.1) is 0 Å². The fraction of sp³-hybridized carbons (Fsp3) is 0.900. The van der Waals surface area contributed by atoms with Crippen molar-refractivity contribution < 1.29 is 19.7 Å². The monoisotopic (exact) mass is 217 g/mol. The van der Waals surface area contributed by atoms with Gasteiger partial charge in [-0.2, -0.15) is 0 Å². The van der Waals surface area contributed by atoms with Crippen LogP contribution in [0.5, 0.6) is 0 Å². The summed E-state index contributed by atoms with van der Waals surface area (Å²) in [6.07, 6.45) is -0.179. The van der Waals surface area contributed by atoms with Crippen LogP contribution in [-0.2, 0) is 9.53 Å². The Morgan fingerprint density at radius 1 is 1.60 bits per heavy atom. The predicted octanol–water partition coefficient (Wildman–Crippen LogP) is -0.211. The van der Waals surface area contributed by atoms with E-state index in [1.807, 2.05) is 6.92 Å². The molecule has 0 aromatic carbocycles. The lowest BCUT2D eigenvalue weighted by atomic mass is 10.0. The molecule has 1 rings (SSSR count). The van der Waals surface area contributed by atoms with Crippen LogP contribution in [-0.4, -0.2) is 59.5 Å². The molecule has 0 radical (unpaired) electrons. The first-order valence-corrected chi connectivity index (χ1v) is 5.25. The minimum atomic E-state index is -0.783. The Balaban J connectivity index is 2.51. The molecule has 1 fully saturated rings. The zero-order valence-electron chi connectivity index (χ0n) is 9.22. The van der Waals surface area contributed by atoms with Crippen molar-refractivity contribution in [1.82, 2.24) is 4.90 Å². The molecule has 88 valence electrons. The second kappa shape index (κ2) is 5.44. The van der Waals surface area contributed by atoms with Gasteiger partial charge in [-0.05, 0) is 6.92 Å². The number of hydrogen-bond acceptors (Lipinski definition) is 4. The highest BCUT2D eigenvalue weighted by Crippen LogP contribution is 2.15. The zero-order chi connectivity index (χ0) is 11.4. The number of aliphatic hydroxyl groups is 1. The first kappa shape index (κ1) is 12.4. The molecule has 3 atom stereocenters. The van der Waals surface area contributed by atoms with E-state index in [9.17, 15) is 4.79 Å². The fourth-order valence-corrected chi connectivity index (χ4v) is 1.75. The molecule has 5 nitrogen and oxygen atoms in total. The standard InChI is InChI=1S/C10H19NO4/c1-7(10(13)14)8(2)11-3-4-15-9(5-11)6-12/h7-9,12H,3-6H2,1-2H3,(H,13,14). The first-order valence-electron chi connectivity index (χ1n) is 5.25. The molecule has 0 aromatic heterocycles. The predicted molar refractivity (Wildman–Crippen MR) is 54.7 cm³/mol. The quantitative estimate of drug-likeness (QED) is 0.682. The molecule has 2 N–H and O–H groups in total. The molecular formula is C10H19NO4. The molecule has 0 saturated carbocycles. The van der Waals surface area contributed by atoms with Gasteiger partial charge in [-0.1, -0.05) is 6.92 Å². The Morgan fingerprint density at radius 3 is 2.80 bits per heavy atom. The van der Waals surface area contributed by atoms with Crippen molar-refractivity contribution in [3.8, 4) is 0 Å². The largest absolute Gasteiger partial charge is 0.481 e. The average Bonchev–Trinajstić information content (AvgIpc) is 2.27. The number of carbonyl (C=O) groups is 1. The molecular weight excluding hydrogens is 198 g/mol. The number of rotatable bonds is 4. The molecule has 15 heavy (non-hydrogen) atoms. The van der Waals surface area contributed by atoms with Crippen LogP contribution in [0, 0.1) is 5.92 Å². The Bertz CT molecular complexity index is 221. The summed E-state index contributed by atoms with van der Waals surface area (Å²) in [7, 11) is 0. The van der Waals surface area contributed by atoms with Crippen molar-refractivity contribution in [1.29, 1.82) is 0 Å². The topological polar surface area (TPSA) is 70.0 Å². The van der Waals surface area contributed by atoms with Gasteiger partial charge in [-0.25, -0.2) is 0 Å². The molecule has 0 bridgehead atoms. The SMILES string of the molecule is CC(C(=O)O)C(C)N1CCOC(CO)C1. The number of hydrogen-bond donors (Lipinski definition) is 2. The third-order valence-corrected chi connectivity index (χ3v) is 3.06. The van der Waals surface area contributed by atoms with Crippen LogP contribution >= 0.6 is 0 Å². The molecule has 1 aliphatic rings. The van der Waals surface area contributed by atoms with Crippen molar-refractivity contribution in [3.63, 3.8) is 0 Å². The van der Waals surface area contributed by atoms with Gasteiger partial charge in [0.05, 0.1) is 25.2 Å². The Labute approximate surface area is 89.6 Å². The van der Waals surface area contributed by atoms with Crippen LogP contribution in [0.2, 0.25) is 0 Å². The van der Waals surface area contributed by atoms with Crippen molar-refractivity contribution in [2.75, 3.05) is 26.3 Å². The lowest BCUT2D eigenvalue weighted by molar-refractivity contribution is -0.145. The summed E-state index contributed by atoms with van der Waals surface area (Å²) in [4.78, 5) is 12.9. The minimum Gasteiger partial charge on any atom is -0.481 e. The highest BCUT2D eigenvalue weighted by atomic mass is 16.5. The number of morpholine rings is 1. The smallest absolute Gasteiger partial charge is 0.307 e. The number of carboxylic acid groups (broad SMARTS) is 1. The van der Waals surface area contributed by atoms with E-state index in [1.54, 1.807) is 6.92 Å². The molecule has 0 aliphatic carbocycles. The minimum absolute atomic E-state index is 0.00925. The number of nitrogens with zero attached hydrogens (tertiary/aromatic N) is 1. The summed E-state index contributed by atoms with van der Waals surface area (Å²) < 4.78 is 5.31. The van der Waals surface area contributed by atoms with E-state index in [1.165, 1.54) is 0 Å². The number of aliphatic hydroxyl groups excluding tert-OH is 1. The maximum absolute atomic E-state index is 10.8. The average molecular weight is 217 g/mol. The van der Waals surface area contributed by atoms with E-state index in [0.717, 1.165) is 6.54 Å². The highest BCUT2D eigenvalue weighted by molar-refractivity contribution is 5.70. The number of ether oxygens (including phenoxy) is 1. The van der Waals surface area contributed by atoms with Gasteiger partial charge in [-0.3, -0.25) is 9.69 Å². The van der Waals surface area contributed by atoms with Gasteiger partial charge in [0.25, 0.3) is 0 Å². The summed E-state index contributed by atoms with van der Waals surface area (Å²) in [5.74, 6) is -1.18. The highest BCUT2D eigenvalue weighted by Gasteiger charge is 2.29. The fourth-order valence-electron chi connectivity index (χ4n) is 1.75. The number of carboxylic acids is 1. The summed E-state index contributed by atoms with van der Waals surface area (Å²) in [6.45, 7) is 5.49. The lowest BCUT2D eigenvalue weighted by Crippen LogP contribution is -2.50. The van der Waals surface area contributed by atoms with E-state index in [4.69, 9.17) is 14.9 Å². The second-order valence-electron chi connectivity index (χ2n) is 4.04. The summed E-state index contributed by atoms with van der Waals surface area (Å²) in [5, 5.41) is 17.9. The van der Waals surface area contributed by atoms with Gasteiger partial charge in [0.15, 0.2) is 0 Å². The maximum Gasteiger partial charge on any atom is 0.307 e. The maximum atomic E-state index is 10.8. The van der Waals surface area contributed by atoms with Gasteiger partial charge in [0.1, 0.15) is 0 Å². The Morgan fingerprint density at radius 2 is 2.27 bits per heavy atom. The number of aliphatic carboxylic acids is 1. The van der Waals surface area contributed by atoms with E-state index in [-0.39, 0.29) is 18.8 Å². The van der Waals surface area contributed by atoms with E-state index in [2.05, 4.69) is 4.90 Å². The first-order chi connectivity index (χ1) is 7.06. The Hall–Kier alpha value is -0.650. The Kier molecular flexibility index (Phi) is 4.50. The third kappa shape index (κ3) is 3.15. The van der Waals surface area contributed by atoms with Gasteiger partial charge >= 0.3 is 5.97 Å². The van der Waals surface area contributed by atoms with Crippen molar-refractivity contribution >= 4 is 5.97 Å². The normalized spacial score (nSPS) is 27.3. The van der Waals surface area contributed by atoms with Crippen molar-refractivity contribution in [2.24, 2.45) is 5.92 Å². The molecule has 3 unspecified atom stereocenters. The molecule has 1 heterocycles. The molecule has 1 aliphatic heterocycles. The third-order valence-electron chi connectivity index (χ3n) is 3.06. The lowest BCUT2D eigenvalue weighted by Gasteiger charge is -2.37. The van der Waals surface area contributed by atoms with Crippen LogP contribution in [0.4, 0.5) is 0 Å². The summed E-state index contributed by atoms with van der Waals surface area (Å²) >= 11 is 0. The van der Waals surface area contributed by atoms with E-state index >= 15 is 0 Å². The molecule has 0 spiro atoms. The van der Waals surface area contributed by atoms with Crippen LogP contribution in [0.25, 0.3) is 0 Å².